The SMILES string of the molecule is COc1nc(CCN)oc1-c1nc(C)c(C)o1. The van der Waals surface area contributed by atoms with Gasteiger partial charge in [-0.05, 0) is 13.8 Å². The minimum Gasteiger partial charge on any atom is -0.478 e. The summed E-state index contributed by atoms with van der Waals surface area (Å²) in [5.74, 6) is 2.43. The van der Waals surface area contributed by atoms with Gasteiger partial charge in [-0.25, -0.2) is 4.98 Å². The van der Waals surface area contributed by atoms with Crippen molar-refractivity contribution in [1.29, 1.82) is 0 Å². The van der Waals surface area contributed by atoms with Crippen LogP contribution in [0, 0.1) is 13.8 Å². The second kappa shape index (κ2) is 4.58. The number of hydrogen-bond donors (Lipinski definition) is 1. The first-order chi connectivity index (χ1) is 8.15. The smallest absolute Gasteiger partial charge is 0.269 e. The highest BCUT2D eigenvalue weighted by molar-refractivity contribution is 5.52. The Morgan fingerprint density at radius 2 is 2.00 bits per heavy atom. The number of nitrogens with two attached hydrogens (primary N) is 1. The molecule has 6 nitrogen and oxygen atoms in total. The molecule has 0 aromatic carbocycles. The molecule has 2 rings (SSSR count). The third-order valence-electron chi connectivity index (χ3n) is 2.41. The number of oxazole rings is 2. The second-order valence-electron chi connectivity index (χ2n) is 3.65. The number of nitrogens with zero attached hydrogens (tertiary/aromatic N) is 2. The van der Waals surface area contributed by atoms with Crippen LogP contribution < -0.4 is 10.5 Å². The first-order valence-corrected chi connectivity index (χ1v) is 5.34. The molecule has 0 radical (unpaired) electrons. The molecule has 0 atom stereocenters. The van der Waals surface area contributed by atoms with Crippen LogP contribution >= 0.6 is 0 Å². The average molecular weight is 237 g/mol. The van der Waals surface area contributed by atoms with Crippen LogP contribution in [-0.4, -0.2) is 23.6 Å². The van der Waals surface area contributed by atoms with Gasteiger partial charge in [-0.1, -0.05) is 0 Å². The highest BCUT2D eigenvalue weighted by Crippen LogP contribution is 2.31. The number of rotatable bonds is 4. The van der Waals surface area contributed by atoms with E-state index in [1.807, 2.05) is 13.8 Å². The summed E-state index contributed by atoms with van der Waals surface area (Å²) in [5, 5.41) is 0. The van der Waals surface area contributed by atoms with E-state index in [1.165, 1.54) is 7.11 Å². The van der Waals surface area contributed by atoms with Crippen LogP contribution in [0.3, 0.4) is 0 Å². The van der Waals surface area contributed by atoms with E-state index in [0.29, 0.717) is 36.4 Å². The van der Waals surface area contributed by atoms with E-state index in [0.717, 1.165) is 11.5 Å². The van der Waals surface area contributed by atoms with E-state index in [-0.39, 0.29) is 0 Å². The Morgan fingerprint density at radius 1 is 1.24 bits per heavy atom. The molecular formula is C11H15N3O3. The zero-order valence-electron chi connectivity index (χ0n) is 10.1. The van der Waals surface area contributed by atoms with E-state index in [9.17, 15) is 0 Å². The van der Waals surface area contributed by atoms with Gasteiger partial charge >= 0.3 is 0 Å². The van der Waals surface area contributed by atoms with Gasteiger partial charge < -0.3 is 19.3 Å². The molecule has 0 unspecified atom stereocenters. The highest BCUT2D eigenvalue weighted by Gasteiger charge is 2.20. The zero-order chi connectivity index (χ0) is 12.4. The molecule has 0 fully saturated rings. The fourth-order valence-electron chi connectivity index (χ4n) is 1.42. The standard InChI is InChI=1S/C11H15N3O3/c1-6-7(2)16-11(13-6)9-10(15-3)14-8(17-9)4-5-12/h4-5,12H2,1-3H3. The van der Waals surface area contributed by atoms with Gasteiger partial charge in [0.15, 0.2) is 5.89 Å². The lowest BCUT2D eigenvalue weighted by atomic mass is 10.4. The number of hydrogen-bond acceptors (Lipinski definition) is 6. The van der Waals surface area contributed by atoms with Crippen molar-refractivity contribution < 1.29 is 13.6 Å². The number of aromatic nitrogens is 2. The highest BCUT2D eigenvalue weighted by atomic mass is 16.5. The van der Waals surface area contributed by atoms with E-state index >= 15 is 0 Å². The number of ether oxygens (including phenoxy) is 1. The van der Waals surface area contributed by atoms with Gasteiger partial charge in [-0.3, -0.25) is 0 Å². The van der Waals surface area contributed by atoms with Crippen LogP contribution in [0.15, 0.2) is 8.83 Å². The summed E-state index contributed by atoms with van der Waals surface area (Å²) in [6, 6.07) is 0. The Labute approximate surface area is 98.8 Å². The molecule has 0 saturated carbocycles. The van der Waals surface area contributed by atoms with E-state index in [1.54, 1.807) is 0 Å². The maximum absolute atomic E-state index is 5.53. The maximum Gasteiger partial charge on any atom is 0.269 e. The first kappa shape index (κ1) is 11.7. The van der Waals surface area contributed by atoms with Gasteiger partial charge in [0.1, 0.15) is 5.76 Å². The normalized spacial score (nSPS) is 10.8. The minimum absolute atomic E-state index is 0.370. The lowest BCUT2D eigenvalue weighted by Gasteiger charge is -1.93. The molecule has 6 heteroatoms. The summed E-state index contributed by atoms with van der Waals surface area (Å²) in [4.78, 5) is 8.42. The fraction of sp³-hybridized carbons (Fsp3) is 0.455. The van der Waals surface area contributed by atoms with Crippen molar-refractivity contribution in [3.63, 3.8) is 0 Å². The third-order valence-corrected chi connectivity index (χ3v) is 2.41. The summed E-state index contributed by atoms with van der Waals surface area (Å²) in [5.41, 5.74) is 6.27. The molecule has 2 heterocycles. The predicted molar refractivity (Wildman–Crippen MR) is 60.8 cm³/mol. The van der Waals surface area contributed by atoms with Crippen LogP contribution in [0.4, 0.5) is 0 Å². The van der Waals surface area contributed by atoms with Crippen molar-refractivity contribution in [2.24, 2.45) is 5.73 Å². The topological polar surface area (TPSA) is 87.3 Å². The maximum atomic E-state index is 5.53. The first-order valence-electron chi connectivity index (χ1n) is 5.34. The van der Waals surface area contributed by atoms with Crippen molar-refractivity contribution in [1.82, 2.24) is 9.97 Å². The lowest BCUT2D eigenvalue weighted by Crippen LogP contribution is -2.02. The summed E-state index contributed by atoms with van der Waals surface area (Å²) >= 11 is 0. The van der Waals surface area contributed by atoms with Crippen LogP contribution in [-0.2, 0) is 6.42 Å². The molecule has 0 saturated heterocycles. The Bertz CT molecular complexity index is 497. The zero-order valence-corrected chi connectivity index (χ0v) is 10.1. The summed E-state index contributed by atoms with van der Waals surface area (Å²) in [6.45, 7) is 4.17. The number of aryl methyl sites for hydroxylation is 2. The van der Waals surface area contributed by atoms with Crippen LogP contribution in [0.2, 0.25) is 0 Å². The van der Waals surface area contributed by atoms with Gasteiger partial charge in [0, 0.05) is 13.0 Å². The number of methoxy groups -OCH3 is 1. The van der Waals surface area contributed by atoms with E-state index in [4.69, 9.17) is 19.3 Å². The Morgan fingerprint density at radius 3 is 2.53 bits per heavy atom. The van der Waals surface area contributed by atoms with Crippen molar-refractivity contribution in [3.05, 3.63) is 17.3 Å². The van der Waals surface area contributed by atoms with Gasteiger partial charge in [0.2, 0.25) is 0 Å². The van der Waals surface area contributed by atoms with Gasteiger partial charge in [-0.2, -0.15) is 4.98 Å². The minimum atomic E-state index is 0.370. The van der Waals surface area contributed by atoms with Crippen molar-refractivity contribution in [2.75, 3.05) is 13.7 Å². The molecule has 2 aromatic heterocycles. The predicted octanol–water partition coefficient (Wildman–Crippen LogP) is 1.46. The quantitative estimate of drug-likeness (QED) is 0.866. The molecule has 2 aromatic rings. The molecule has 0 aliphatic rings. The molecule has 2 N–H and O–H groups in total. The summed E-state index contributed by atoms with van der Waals surface area (Å²) in [7, 11) is 1.52. The molecule has 0 bridgehead atoms. The Hall–Kier alpha value is -1.82. The molecule has 0 amide bonds. The molecule has 17 heavy (non-hydrogen) atoms. The second-order valence-corrected chi connectivity index (χ2v) is 3.65. The molecular weight excluding hydrogens is 222 g/mol. The van der Waals surface area contributed by atoms with Crippen LogP contribution in [0.25, 0.3) is 11.7 Å². The van der Waals surface area contributed by atoms with E-state index < -0.39 is 0 Å². The monoisotopic (exact) mass is 237 g/mol. The van der Waals surface area contributed by atoms with Gasteiger partial charge in [0.05, 0.1) is 12.8 Å². The Balaban J connectivity index is 2.42. The summed E-state index contributed by atoms with van der Waals surface area (Å²) in [6.07, 6.45) is 0.551. The summed E-state index contributed by atoms with van der Waals surface area (Å²) < 4.78 is 16.1. The van der Waals surface area contributed by atoms with E-state index in [2.05, 4.69) is 9.97 Å². The Kier molecular flexibility index (Phi) is 3.14. The lowest BCUT2D eigenvalue weighted by molar-refractivity contribution is 0.394. The largest absolute Gasteiger partial charge is 0.478 e. The third kappa shape index (κ3) is 2.16. The molecule has 0 aliphatic carbocycles. The molecule has 0 spiro atoms. The van der Waals surface area contributed by atoms with Crippen molar-refractivity contribution in [2.45, 2.75) is 20.3 Å². The van der Waals surface area contributed by atoms with Gasteiger partial charge in [0.25, 0.3) is 17.5 Å². The average Bonchev–Trinajstić information content (AvgIpc) is 2.84. The van der Waals surface area contributed by atoms with Crippen molar-refractivity contribution >= 4 is 0 Å². The molecule has 0 aliphatic heterocycles. The molecule has 92 valence electrons. The van der Waals surface area contributed by atoms with Crippen LogP contribution in [0.5, 0.6) is 5.88 Å². The van der Waals surface area contributed by atoms with Crippen LogP contribution in [0.1, 0.15) is 17.3 Å². The fourth-order valence-corrected chi connectivity index (χ4v) is 1.42. The van der Waals surface area contributed by atoms with Gasteiger partial charge in [-0.15, -0.1) is 0 Å². The van der Waals surface area contributed by atoms with Crippen molar-refractivity contribution in [3.8, 4) is 17.5 Å².